The molecule has 2 rings (SSSR count). The molecule has 1 heterocycles. The summed E-state index contributed by atoms with van der Waals surface area (Å²) >= 11 is 3.10. The van der Waals surface area contributed by atoms with Gasteiger partial charge in [-0.25, -0.2) is 4.39 Å². The van der Waals surface area contributed by atoms with Crippen LogP contribution in [0.5, 0.6) is 0 Å². The van der Waals surface area contributed by atoms with Crippen molar-refractivity contribution in [1.29, 1.82) is 0 Å². The van der Waals surface area contributed by atoms with Crippen LogP contribution in [0.3, 0.4) is 0 Å². The number of carbonyl (C=O) groups is 1. The lowest BCUT2D eigenvalue weighted by molar-refractivity contribution is -0.120. The first-order valence-corrected chi connectivity index (χ1v) is 6.45. The van der Waals surface area contributed by atoms with E-state index >= 15 is 0 Å². The van der Waals surface area contributed by atoms with Gasteiger partial charge in [0, 0.05) is 12.2 Å². The molecule has 6 heteroatoms. The van der Waals surface area contributed by atoms with Gasteiger partial charge in [0.2, 0.25) is 5.91 Å². The van der Waals surface area contributed by atoms with Gasteiger partial charge in [-0.05, 0) is 40.5 Å². The van der Waals surface area contributed by atoms with Crippen LogP contribution in [-0.4, -0.2) is 31.7 Å². The number of amides is 1. The Morgan fingerprint density at radius 1 is 1.61 bits per heavy atom. The zero-order valence-corrected chi connectivity index (χ0v) is 11.5. The Morgan fingerprint density at radius 3 is 3.06 bits per heavy atom. The zero-order valence-electron chi connectivity index (χ0n) is 9.93. The quantitative estimate of drug-likeness (QED) is 0.875. The number of ether oxygens (including phenoxy) is 1. The molecule has 1 saturated heterocycles. The van der Waals surface area contributed by atoms with Gasteiger partial charge in [0.05, 0.1) is 17.7 Å². The summed E-state index contributed by atoms with van der Waals surface area (Å²) < 4.78 is 18.8. The predicted octanol–water partition coefficient (Wildman–Crippen LogP) is 1.82. The second-order valence-electron chi connectivity index (χ2n) is 4.15. The maximum Gasteiger partial charge on any atom is 0.243 e. The molecule has 1 aliphatic rings. The fourth-order valence-corrected chi connectivity index (χ4v) is 2.08. The monoisotopic (exact) mass is 316 g/mol. The van der Waals surface area contributed by atoms with Crippen molar-refractivity contribution >= 4 is 27.5 Å². The van der Waals surface area contributed by atoms with E-state index in [1.165, 1.54) is 6.07 Å². The number of carbonyl (C=O) groups excluding carboxylic acids is 1. The minimum atomic E-state index is -0.359. The molecule has 4 nitrogen and oxygen atoms in total. The second-order valence-corrected chi connectivity index (χ2v) is 5.01. The van der Waals surface area contributed by atoms with Gasteiger partial charge in [-0.15, -0.1) is 0 Å². The largest absolute Gasteiger partial charge is 0.378 e. The molecule has 2 N–H and O–H groups in total. The lowest BCUT2D eigenvalue weighted by Gasteiger charge is -2.23. The first-order valence-electron chi connectivity index (χ1n) is 5.65. The molecule has 98 valence electrons. The first-order chi connectivity index (χ1) is 8.58. The van der Waals surface area contributed by atoms with Gasteiger partial charge in [-0.2, -0.15) is 0 Å². The topological polar surface area (TPSA) is 50.4 Å². The summed E-state index contributed by atoms with van der Waals surface area (Å²) in [6.07, 6.45) is 0. The number of hydrogen-bond donors (Lipinski definition) is 2. The summed E-state index contributed by atoms with van der Waals surface area (Å²) in [5.74, 6) is -0.513. The van der Waals surface area contributed by atoms with E-state index in [2.05, 4.69) is 26.6 Å². The molecule has 1 aliphatic heterocycles. The van der Waals surface area contributed by atoms with E-state index in [4.69, 9.17) is 4.74 Å². The summed E-state index contributed by atoms with van der Waals surface area (Å²) in [4.78, 5) is 12.0. The van der Waals surface area contributed by atoms with Crippen molar-refractivity contribution in [3.8, 4) is 0 Å². The third kappa shape index (κ3) is 3.07. The lowest BCUT2D eigenvalue weighted by Crippen LogP contribution is -2.48. The van der Waals surface area contributed by atoms with E-state index in [0.29, 0.717) is 35.5 Å². The Kier molecular flexibility index (Phi) is 4.31. The number of anilines is 1. The minimum absolute atomic E-state index is 0.170. The molecular weight excluding hydrogens is 303 g/mol. The molecule has 1 amide bonds. The Bertz CT molecular complexity index is 462. The van der Waals surface area contributed by atoms with Gasteiger partial charge in [0.25, 0.3) is 0 Å². The number of benzene rings is 1. The highest BCUT2D eigenvalue weighted by Crippen LogP contribution is 2.24. The molecule has 0 bridgehead atoms. The summed E-state index contributed by atoms with van der Waals surface area (Å²) in [6.45, 7) is 3.37. The van der Waals surface area contributed by atoms with E-state index in [0.717, 1.165) is 0 Å². The van der Waals surface area contributed by atoms with E-state index in [1.807, 2.05) is 0 Å². The van der Waals surface area contributed by atoms with Crippen LogP contribution in [-0.2, 0) is 9.53 Å². The average Bonchev–Trinajstić information content (AvgIpc) is 2.37. The molecule has 1 atom stereocenters. The average molecular weight is 317 g/mol. The third-order valence-corrected chi connectivity index (χ3v) is 3.37. The molecule has 0 saturated carbocycles. The lowest BCUT2D eigenvalue weighted by atomic mass is 10.2. The van der Waals surface area contributed by atoms with Crippen LogP contribution in [0.15, 0.2) is 16.6 Å². The number of morpholine rings is 1. The van der Waals surface area contributed by atoms with Crippen LogP contribution in [0, 0.1) is 12.7 Å². The fraction of sp³-hybridized carbons (Fsp3) is 0.417. The van der Waals surface area contributed by atoms with Crippen molar-refractivity contribution in [3.05, 3.63) is 28.0 Å². The van der Waals surface area contributed by atoms with E-state index in [9.17, 15) is 9.18 Å². The van der Waals surface area contributed by atoms with Gasteiger partial charge in [-0.3, -0.25) is 4.79 Å². The molecule has 1 unspecified atom stereocenters. The maximum atomic E-state index is 13.3. The van der Waals surface area contributed by atoms with Crippen molar-refractivity contribution in [3.63, 3.8) is 0 Å². The highest BCUT2D eigenvalue weighted by atomic mass is 79.9. The molecular formula is C12H14BrFN2O2. The molecule has 18 heavy (non-hydrogen) atoms. The molecule has 0 aliphatic carbocycles. The fourth-order valence-electron chi connectivity index (χ4n) is 1.73. The van der Waals surface area contributed by atoms with Gasteiger partial charge < -0.3 is 15.4 Å². The molecule has 1 aromatic rings. The van der Waals surface area contributed by atoms with Crippen LogP contribution < -0.4 is 10.6 Å². The molecule has 0 spiro atoms. The maximum absolute atomic E-state index is 13.3. The molecule has 1 fully saturated rings. The number of hydrogen-bond acceptors (Lipinski definition) is 3. The zero-order chi connectivity index (χ0) is 13.1. The van der Waals surface area contributed by atoms with Crippen LogP contribution in [0.1, 0.15) is 5.56 Å². The van der Waals surface area contributed by atoms with Crippen LogP contribution in [0.4, 0.5) is 10.1 Å². The van der Waals surface area contributed by atoms with Crippen molar-refractivity contribution in [2.45, 2.75) is 13.0 Å². The Morgan fingerprint density at radius 2 is 2.39 bits per heavy atom. The summed E-state index contributed by atoms with van der Waals surface area (Å²) in [6, 6.07) is 2.58. The summed E-state index contributed by atoms with van der Waals surface area (Å²) in [7, 11) is 0. The van der Waals surface area contributed by atoms with E-state index in [1.54, 1.807) is 13.0 Å². The summed E-state index contributed by atoms with van der Waals surface area (Å²) in [5.41, 5.74) is 1.28. The Labute approximate surface area is 113 Å². The van der Waals surface area contributed by atoms with Crippen molar-refractivity contribution in [2.24, 2.45) is 0 Å². The SMILES string of the molecule is Cc1cc(F)c(Br)cc1NC(=O)C1COCCN1. The Hall–Kier alpha value is -0.980. The summed E-state index contributed by atoms with van der Waals surface area (Å²) in [5, 5.41) is 5.83. The minimum Gasteiger partial charge on any atom is -0.378 e. The number of aryl methyl sites for hydroxylation is 1. The molecule has 0 radical (unpaired) electrons. The number of nitrogens with one attached hydrogen (secondary N) is 2. The van der Waals surface area contributed by atoms with Gasteiger partial charge >= 0.3 is 0 Å². The van der Waals surface area contributed by atoms with Crippen LogP contribution in [0.25, 0.3) is 0 Å². The standard InChI is InChI=1S/C12H14BrFN2O2/c1-7-4-9(14)8(13)5-10(7)16-12(17)11-6-18-3-2-15-11/h4-5,11,15H,2-3,6H2,1H3,(H,16,17). The van der Waals surface area contributed by atoms with Crippen LogP contribution >= 0.6 is 15.9 Å². The number of rotatable bonds is 2. The molecule has 1 aromatic carbocycles. The second kappa shape index (κ2) is 5.77. The number of halogens is 2. The van der Waals surface area contributed by atoms with Gasteiger partial charge in [0.1, 0.15) is 11.9 Å². The van der Waals surface area contributed by atoms with E-state index < -0.39 is 0 Å². The van der Waals surface area contributed by atoms with Crippen LogP contribution in [0.2, 0.25) is 0 Å². The predicted molar refractivity (Wildman–Crippen MR) is 70.1 cm³/mol. The van der Waals surface area contributed by atoms with E-state index in [-0.39, 0.29) is 17.8 Å². The van der Waals surface area contributed by atoms with Gasteiger partial charge in [-0.1, -0.05) is 0 Å². The highest BCUT2D eigenvalue weighted by molar-refractivity contribution is 9.10. The van der Waals surface area contributed by atoms with Crippen molar-refractivity contribution < 1.29 is 13.9 Å². The normalized spacial score (nSPS) is 19.6. The highest BCUT2D eigenvalue weighted by Gasteiger charge is 2.21. The van der Waals surface area contributed by atoms with Gasteiger partial charge in [0.15, 0.2) is 0 Å². The third-order valence-electron chi connectivity index (χ3n) is 2.76. The first kappa shape index (κ1) is 13.5. The Balaban J connectivity index is 2.08. The molecule has 0 aromatic heterocycles. The smallest absolute Gasteiger partial charge is 0.243 e. The van der Waals surface area contributed by atoms with Crippen molar-refractivity contribution in [1.82, 2.24) is 5.32 Å². The van der Waals surface area contributed by atoms with Crippen molar-refractivity contribution in [2.75, 3.05) is 25.1 Å².